The lowest BCUT2D eigenvalue weighted by Gasteiger charge is -2.24. The fourth-order valence-corrected chi connectivity index (χ4v) is 5.30. The van der Waals surface area contributed by atoms with Crippen LogP contribution in [0.15, 0.2) is 82.6 Å². The minimum atomic E-state index is -3.93. The maximum absolute atomic E-state index is 13.4. The van der Waals surface area contributed by atoms with Gasteiger partial charge < -0.3 is 5.32 Å². The molecule has 33 heavy (non-hydrogen) atoms. The molecule has 1 amide bonds. The number of rotatable bonds is 9. The first-order valence-electron chi connectivity index (χ1n) is 10.4. The highest BCUT2D eigenvalue weighted by Gasteiger charge is 2.28. The molecule has 1 atom stereocenters. The van der Waals surface area contributed by atoms with E-state index in [9.17, 15) is 13.2 Å². The Bertz CT molecular complexity index is 1200. The molecular formula is C25H27ClN2O3S2. The van der Waals surface area contributed by atoms with Crippen LogP contribution in [0.4, 0.5) is 0 Å². The average Bonchev–Trinajstić information content (AvgIpc) is 2.80. The lowest BCUT2D eigenvalue weighted by Crippen LogP contribution is -2.41. The molecule has 174 valence electrons. The Morgan fingerprint density at radius 2 is 1.67 bits per heavy atom. The monoisotopic (exact) mass is 502 g/mol. The van der Waals surface area contributed by atoms with Crippen LogP contribution in [0.2, 0.25) is 5.02 Å². The summed E-state index contributed by atoms with van der Waals surface area (Å²) >= 11 is 7.93. The number of carbonyl (C=O) groups excluding carboxylic acids is 1. The largest absolute Gasteiger partial charge is 0.348 e. The number of aryl methyl sites for hydroxylation is 1. The molecule has 0 fully saturated rings. The third-order valence-electron chi connectivity index (χ3n) is 5.28. The summed E-state index contributed by atoms with van der Waals surface area (Å²) < 4.78 is 28.0. The van der Waals surface area contributed by atoms with E-state index >= 15 is 0 Å². The van der Waals surface area contributed by atoms with Crippen molar-refractivity contribution in [1.82, 2.24) is 9.62 Å². The predicted molar refractivity (Wildman–Crippen MR) is 135 cm³/mol. The van der Waals surface area contributed by atoms with Gasteiger partial charge in [-0.15, -0.1) is 11.8 Å². The van der Waals surface area contributed by atoms with Crippen molar-refractivity contribution in [2.45, 2.75) is 36.2 Å². The molecule has 3 aromatic carbocycles. The zero-order valence-corrected chi connectivity index (χ0v) is 21.2. The average molecular weight is 503 g/mol. The van der Waals surface area contributed by atoms with E-state index in [1.54, 1.807) is 60.3 Å². The van der Waals surface area contributed by atoms with Crippen LogP contribution in [0.25, 0.3) is 0 Å². The minimum Gasteiger partial charge on any atom is -0.348 e. The molecule has 0 radical (unpaired) electrons. The van der Waals surface area contributed by atoms with Gasteiger partial charge in [-0.1, -0.05) is 59.6 Å². The first-order valence-corrected chi connectivity index (χ1v) is 13.5. The van der Waals surface area contributed by atoms with Gasteiger partial charge in [0.25, 0.3) is 0 Å². The lowest BCUT2D eigenvalue weighted by atomic mass is 10.1. The van der Waals surface area contributed by atoms with Crippen molar-refractivity contribution in [2.75, 3.05) is 12.8 Å². The third-order valence-corrected chi connectivity index (χ3v) is 8.19. The van der Waals surface area contributed by atoms with Crippen LogP contribution in [0, 0.1) is 6.92 Å². The summed E-state index contributed by atoms with van der Waals surface area (Å²) in [7, 11) is -3.93. The van der Waals surface area contributed by atoms with E-state index in [4.69, 9.17) is 11.6 Å². The summed E-state index contributed by atoms with van der Waals surface area (Å²) in [6, 6.07) is 21.3. The number of hydrogen-bond acceptors (Lipinski definition) is 4. The molecule has 0 spiro atoms. The van der Waals surface area contributed by atoms with Gasteiger partial charge in [0, 0.05) is 16.5 Å². The molecule has 5 nitrogen and oxygen atoms in total. The number of thioether (sulfide) groups is 1. The van der Waals surface area contributed by atoms with E-state index in [1.807, 2.05) is 44.4 Å². The van der Waals surface area contributed by atoms with Crippen molar-refractivity contribution >= 4 is 39.3 Å². The van der Waals surface area contributed by atoms with E-state index in [2.05, 4.69) is 5.32 Å². The maximum atomic E-state index is 13.4. The molecule has 0 aromatic heterocycles. The summed E-state index contributed by atoms with van der Waals surface area (Å²) in [5.74, 6) is -0.390. The van der Waals surface area contributed by atoms with Gasteiger partial charge in [-0.3, -0.25) is 4.79 Å². The lowest BCUT2D eigenvalue weighted by molar-refractivity contribution is -0.122. The Hall–Kier alpha value is -2.32. The summed E-state index contributed by atoms with van der Waals surface area (Å²) in [4.78, 5) is 14.2. The quantitative estimate of drug-likeness (QED) is 0.396. The van der Waals surface area contributed by atoms with E-state index in [0.717, 1.165) is 20.3 Å². The van der Waals surface area contributed by atoms with Crippen molar-refractivity contribution in [3.05, 3.63) is 94.5 Å². The number of nitrogens with zero attached hydrogens (tertiary/aromatic N) is 1. The van der Waals surface area contributed by atoms with Crippen molar-refractivity contribution < 1.29 is 13.2 Å². The van der Waals surface area contributed by atoms with Gasteiger partial charge in [-0.2, -0.15) is 4.31 Å². The molecule has 8 heteroatoms. The number of benzene rings is 3. The molecule has 0 aliphatic carbocycles. The first-order chi connectivity index (χ1) is 15.7. The van der Waals surface area contributed by atoms with E-state index in [1.165, 1.54) is 0 Å². The molecule has 3 aromatic rings. The van der Waals surface area contributed by atoms with Crippen LogP contribution >= 0.6 is 23.4 Å². The number of hydrogen-bond donors (Lipinski definition) is 1. The Labute approximate surface area is 205 Å². The third kappa shape index (κ3) is 6.60. The molecule has 0 saturated heterocycles. The summed E-state index contributed by atoms with van der Waals surface area (Å²) in [6.45, 7) is 3.42. The first kappa shape index (κ1) is 25.3. The number of nitrogens with one attached hydrogen (secondary N) is 1. The zero-order valence-electron chi connectivity index (χ0n) is 18.8. The van der Waals surface area contributed by atoms with Crippen LogP contribution in [-0.2, 0) is 21.4 Å². The molecule has 0 aliphatic rings. The van der Waals surface area contributed by atoms with E-state index in [0.29, 0.717) is 10.6 Å². The van der Waals surface area contributed by atoms with Crippen molar-refractivity contribution in [1.29, 1.82) is 0 Å². The molecular weight excluding hydrogens is 476 g/mol. The van der Waals surface area contributed by atoms with Gasteiger partial charge in [-0.05, 0) is 61.6 Å². The molecule has 0 saturated carbocycles. The van der Waals surface area contributed by atoms with E-state index in [-0.39, 0.29) is 29.9 Å². The smallest absolute Gasteiger partial charge is 0.243 e. The Kier molecular flexibility index (Phi) is 8.59. The second-order valence-corrected chi connectivity index (χ2v) is 11.0. The van der Waals surface area contributed by atoms with Crippen LogP contribution in [0.1, 0.15) is 29.7 Å². The SMILES string of the molecule is CSc1ccc([C@H](C)NC(=O)CN(Cc2ccccc2Cl)S(=O)(=O)c2ccc(C)cc2)cc1. The van der Waals surface area contributed by atoms with Gasteiger partial charge in [0.05, 0.1) is 17.5 Å². The summed E-state index contributed by atoms with van der Waals surface area (Å²) in [5.41, 5.74) is 2.52. The Morgan fingerprint density at radius 3 is 2.27 bits per heavy atom. The van der Waals surface area contributed by atoms with Gasteiger partial charge in [-0.25, -0.2) is 8.42 Å². The topological polar surface area (TPSA) is 66.5 Å². The van der Waals surface area contributed by atoms with Gasteiger partial charge in [0.1, 0.15) is 0 Å². The van der Waals surface area contributed by atoms with Gasteiger partial charge in [0.2, 0.25) is 15.9 Å². The Balaban J connectivity index is 1.83. The van der Waals surface area contributed by atoms with Gasteiger partial charge >= 0.3 is 0 Å². The molecule has 0 heterocycles. The molecule has 0 bridgehead atoms. The van der Waals surface area contributed by atoms with Crippen molar-refractivity contribution in [3.8, 4) is 0 Å². The molecule has 1 N–H and O–H groups in total. The highest BCUT2D eigenvalue weighted by Crippen LogP contribution is 2.23. The fourth-order valence-electron chi connectivity index (χ4n) is 3.33. The van der Waals surface area contributed by atoms with Crippen molar-refractivity contribution in [2.24, 2.45) is 0 Å². The zero-order chi connectivity index (χ0) is 24.0. The Morgan fingerprint density at radius 1 is 1.03 bits per heavy atom. The van der Waals surface area contributed by atoms with Crippen LogP contribution in [0.3, 0.4) is 0 Å². The summed E-state index contributed by atoms with van der Waals surface area (Å²) in [6.07, 6.45) is 2.00. The molecule has 0 aliphatic heterocycles. The van der Waals surface area contributed by atoms with Crippen LogP contribution in [0.5, 0.6) is 0 Å². The molecule has 3 rings (SSSR count). The normalized spacial score (nSPS) is 12.5. The number of halogens is 1. The second kappa shape index (κ2) is 11.2. The van der Waals surface area contributed by atoms with E-state index < -0.39 is 10.0 Å². The van der Waals surface area contributed by atoms with Crippen LogP contribution < -0.4 is 5.32 Å². The highest BCUT2D eigenvalue weighted by molar-refractivity contribution is 7.98. The minimum absolute atomic E-state index is 0.0138. The standard InChI is InChI=1S/C25H27ClN2O3S2/c1-18-8-14-23(15-9-18)33(30,31)28(16-21-6-4-5-7-24(21)26)17-25(29)27-19(2)20-10-12-22(32-3)13-11-20/h4-15,19H,16-17H2,1-3H3,(H,27,29)/t19-/m0/s1. The maximum Gasteiger partial charge on any atom is 0.243 e. The van der Waals surface area contributed by atoms with Crippen molar-refractivity contribution in [3.63, 3.8) is 0 Å². The second-order valence-electron chi connectivity index (χ2n) is 7.74. The molecule has 0 unspecified atom stereocenters. The number of carbonyl (C=O) groups is 1. The highest BCUT2D eigenvalue weighted by atomic mass is 35.5. The van der Waals surface area contributed by atoms with Gasteiger partial charge in [0.15, 0.2) is 0 Å². The number of amides is 1. The number of sulfonamides is 1. The van der Waals surface area contributed by atoms with Crippen LogP contribution in [-0.4, -0.2) is 31.4 Å². The fraction of sp³-hybridized carbons (Fsp3) is 0.240. The summed E-state index contributed by atoms with van der Waals surface area (Å²) in [5, 5.41) is 3.36. The predicted octanol–water partition coefficient (Wildman–Crippen LogP) is 5.44.